The van der Waals surface area contributed by atoms with Crippen molar-refractivity contribution in [3.05, 3.63) is 231 Å². The average molecular weight is 779 g/mol. The number of hydrogen-bond donors (Lipinski definition) is 0. The molecule has 286 valence electrons. The molecule has 0 spiro atoms. The molecule has 3 nitrogen and oxygen atoms in total. The second-order valence-electron chi connectivity index (χ2n) is 15.7. The molecule has 12 rings (SSSR count). The topological polar surface area (TPSA) is 21.3 Å². The lowest BCUT2D eigenvalue weighted by atomic mass is 9.99. The Kier molecular flexibility index (Phi) is 8.17. The summed E-state index contributed by atoms with van der Waals surface area (Å²) in [5, 5.41) is 7.24. The number of anilines is 3. The van der Waals surface area contributed by atoms with Gasteiger partial charge in [-0.1, -0.05) is 164 Å². The minimum Gasteiger partial charge on any atom is -0.455 e. The summed E-state index contributed by atoms with van der Waals surface area (Å²) >= 11 is 0. The van der Waals surface area contributed by atoms with Gasteiger partial charge in [0.2, 0.25) is 0 Å². The largest absolute Gasteiger partial charge is 0.455 e. The molecule has 0 radical (unpaired) electrons. The van der Waals surface area contributed by atoms with Gasteiger partial charge in [0.05, 0.1) is 16.7 Å². The second-order valence-corrected chi connectivity index (χ2v) is 15.7. The van der Waals surface area contributed by atoms with E-state index in [-0.39, 0.29) is 0 Å². The maximum absolute atomic E-state index is 6.51. The molecule has 0 aliphatic heterocycles. The lowest BCUT2D eigenvalue weighted by Gasteiger charge is -2.26. The van der Waals surface area contributed by atoms with Crippen molar-refractivity contribution >= 4 is 71.6 Å². The molecule has 0 N–H and O–H groups in total. The molecular weight excluding hydrogens is 741 g/mol. The summed E-state index contributed by atoms with van der Waals surface area (Å²) in [6.45, 7) is 0. The van der Waals surface area contributed by atoms with E-state index in [0.29, 0.717) is 0 Å². The van der Waals surface area contributed by atoms with Crippen molar-refractivity contribution in [3.63, 3.8) is 0 Å². The van der Waals surface area contributed by atoms with E-state index in [9.17, 15) is 0 Å². The predicted molar refractivity (Wildman–Crippen MR) is 257 cm³/mol. The van der Waals surface area contributed by atoms with Crippen LogP contribution in [0.25, 0.3) is 93.6 Å². The van der Waals surface area contributed by atoms with E-state index < -0.39 is 0 Å². The van der Waals surface area contributed by atoms with Gasteiger partial charge in [-0.15, -0.1) is 0 Å². The molecule has 0 atom stereocenters. The first kappa shape index (κ1) is 34.9. The molecule has 0 bridgehead atoms. The summed E-state index contributed by atoms with van der Waals surface area (Å²) in [6.07, 6.45) is 0. The van der Waals surface area contributed by atoms with E-state index in [1.807, 2.05) is 12.1 Å². The normalized spacial score (nSPS) is 11.6. The molecule has 0 saturated heterocycles. The third kappa shape index (κ3) is 5.90. The zero-order valence-electron chi connectivity index (χ0n) is 33.2. The van der Waals surface area contributed by atoms with Gasteiger partial charge < -0.3 is 13.9 Å². The molecule has 2 aromatic heterocycles. The minimum absolute atomic E-state index is 0.897. The number of rotatable bonds is 7. The summed E-state index contributed by atoms with van der Waals surface area (Å²) in [6, 6.07) is 82.9. The highest BCUT2D eigenvalue weighted by atomic mass is 16.3. The van der Waals surface area contributed by atoms with Gasteiger partial charge in [-0.05, 0) is 99.8 Å². The lowest BCUT2D eigenvalue weighted by Crippen LogP contribution is -2.10. The third-order valence-electron chi connectivity index (χ3n) is 12.2. The molecule has 3 heteroatoms. The smallest absolute Gasteiger partial charge is 0.143 e. The van der Waals surface area contributed by atoms with Gasteiger partial charge in [-0.2, -0.15) is 0 Å². The molecule has 0 fully saturated rings. The van der Waals surface area contributed by atoms with Crippen molar-refractivity contribution in [2.45, 2.75) is 0 Å². The molecule has 0 amide bonds. The van der Waals surface area contributed by atoms with Crippen LogP contribution in [0.1, 0.15) is 0 Å². The molecule has 0 unspecified atom stereocenters. The Balaban J connectivity index is 0.979. The van der Waals surface area contributed by atoms with Gasteiger partial charge in [0.1, 0.15) is 11.2 Å². The first-order valence-corrected chi connectivity index (χ1v) is 20.8. The Labute approximate surface area is 353 Å². The van der Waals surface area contributed by atoms with Gasteiger partial charge in [-0.3, -0.25) is 0 Å². The van der Waals surface area contributed by atoms with Gasteiger partial charge >= 0.3 is 0 Å². The Morgan fingerprint density at radius 3 is 1.67 bits per heavy atom. The number of fused-ring (bicyclic) bond motifs is 7. The van der Waals surface area contributed by atoms with E-state index in [1.54, 1.807) is 0 Å². The predicted octanol–water partition coefficient (Wildman–Crippen LogP) is 16.3. The number of para-hydroxylation sites is 5. The van der Waals surface area contributed by atoms with Crippen LogP contribution in [-0.2, 0) is 0 Å². The Bertz CT molecular complexity index is 3540. The SMILES string of the molecule is c1cc(-c2cccc3c2oc2ccccc23)cc(N(c2ccc(-c3ccc4ccccc4c3)cc2)c2ccc(-c3ccccc3-n3c4ccccc4c4ccccc43)cc2)c1. The van der Waals surface area contributed by atoms with Crippen LogP contribution in [0.3, 0.4) is 0 Å². The number of benzene rings is 10. The Morgan fingerprint density at radius 1 is 0.328 bits per heavy atom. The van der Waals surface area contributed by atoms with Crippen molar-refractivity contribution in [2.24, 2.45) is 0 Å². The van der Waals surface area contributed by atoms with Crippen LogP contribution in [-0.4, -0.2) is 4.57 Å². The standard InChI is InChI=1S/C58H38N2O/c1-2-14-42-37-43(28-27-39(42)13-1)40-29-33-45(34-30-40)59(47-16-11-15-44(38-47)49-21-12-22-53-52-20-6-10-26-57(52)61-58(49)53)46-35-31-41(32-36-46)48-17-3-7-23-54(48)60-55-24-8-4-18-50(55)51-19-5-9-25-56(51)60/h1-38H. The number of nitrogens with zero attached hydrogens (tertiary/aromatic N) is 2. The highest BCUT2D eigenvalue weighted by Gasteiger charge is 2.19. The molecule has 0 saturated carbocycles. The Morgan fingerprint density at radius 2 is 0.902 bits per heavy atom. The fourth-order valence-electron chi connectivity index (χ4n) is 9.29. The van der Waals surface area contributed by atoms with Crippen LogP contribution >= 0.6 is 0 Å². The monoisotopic (exact) mass is 778 g/mol. The summed E-state index contributed by atoms with van der Waals surface area (Å²) in [4.78, 5) is 2.36. The summed E-state index contributed by atoms with van der Waals surface area (Å²) in [7, 11) is 0. The lowest BCUT2D eigenvalue weighted by molar-refractivity contribution is 0.670. The number of aromatic nitrogens is 1. The average Bonchev–Trinajstić information content (AvgIpc) is 3.88. The first-order valence-electron chi connectivity index (χ1n) is 20.8. The highest BCUT2D eigenvalue weighted by molar-refractivity contribution is 6.11. The van der Waals surface area contributed by atoms with Gasteiger partial charge in [-0.25, -0.2) is 0 Å². The molecular formula is C58H38N2O. The maximum Gasteiger partial charge on any atom is 0.143 e. The zero-order valence-corrected chi connectivity index (χ0v) is 33.2. The van der Waals surface area contributed by atoms with Crippen LogP contribution in [0.2, 0.25) is 0 Å². The summed E-state index contributed by atoms with van der Waals surface area (Å²) in [5.41, 5.74) is 15.4. The Hall–Kier alpha value is -8.14. The minimum atomic E-state index is 0.897. The van der Waals surface area contributed by atoms with Crippen molar-refractivity contribution in [1.82, 2.24) is 4.57 Å². The number of furan rings is 1. The van der Waals surface area contributed by atoms with Crippen LogP contribution in [0.15, 0.2) is 235 Å². The third-order valence-corrected chi connectivity index (χ3v) is 12.2. The number of hydrogen-bond acceptors (Lipinski definition) is 2. The fraction of sp³-hybridized carbons (Fsp3) is 0. The van der Waals surface area contributed by atoms with Crippen LogP contribution < -0.4 is 4.90 Å². The molecule has 10 aromatic carbocycles. The molecule has 0 aliphatic carbocycles. The van der Waals surface area contributed by atoms with Crippen molar-refractivity contribution in [1.29, 1.82) is 0 Å². The second kappa shape index (κ2) is 14.3. The van der Waals surface area contributed by atoms with Gasteiger partial charge in [0, 0.05) is 49.7 Å². The molecule has 0 aliphatic rings. The first-order chi connectivity index (χ1) is 30.2. The maximum atomic E-state index is 6.51. The van der Waals surface area contributed by atoms with Crippen molar-refractivity contribution in [2.75, 3.05) is 4.90 Å². The zero-order chi connectivity index (χ0) is 40.3. The van der Waals surface area contributed by atoms with Crippen molar-refractivity contribution < 1.29 is 4.42 Å². The van der Waals surface area contributed by atoms with E-state index in [1.165, 1.54) is 49.3 Å². The van der Waals surface area contributed by atoms with Crippen LogP contribution in [0.5, 0.6) is 0 Å². The van der Waals surface area contributed by atoms with Gasteiger partial charge in [0.25, 0.3) is 0 Å². The van der Waals surface area contributed by atoms with Crippen LogP contribution in [0, 0.1) is 0 Å². The van der Waals surface area contributed by atoms with E-state index in [4.69, 9.17) is 4.42 Å². The van der Waals surface area contributed by atoms with Crippen molar-refractivity contribution in [3.8, 4) is 39.1 Å². The summed E-state index contributed by atoms with van der Waals surface area (Å²) < 4.78 is 8.92. The van der Waals surface area contributed by atoms with E-state index >= 15 is 0 Å². The molecule has 2 heterocycles. The molecule has 12 aromatic rings. The van der Waals surface area contributed by atoms with Crippen LogP contribution in [0.4, 0.5) is 17.1 Å². The summed E-state index contributed by atoms with van der Waals surface area (Å²) in [5.74, 6) is 0. The fourth-order valence-corrected chi connectivity index (χ4v) is 9.29. The quantitative estimate of drug-likeness (QED) is 0.161. The van der Waals surface area contributed by atoms with E-state index in [2.05, 4.69) is 228 Å². The molecule has 61 heavy (non-hydrogen) atoms. The highest BCUT2D eigenvalue weighted by Crippen LogP contribution is 2.42. The van der Waals surface area contributed by atoms with E-state index in [0.717, 1.165) is 61.4 Å². The van der Waals surface area contributed by atoms with Gasteiger partial charge in [0.15, 0.2) is 0 Å².